The molecule has 0 saturated heterocycles. The molecule has 1 aromatic carbocycles. The Morgan fingerprint density at radius 1 is 1.11 bits per heavy atom. The van der Waals surface area contributed by atoms with E-state index in [1.54, 1.807) is 7.11 Å². The number of imidazole rings is 1. The number of ether oxygens (including phenoxy) is 1. The van der Waals surface area contributed by atoms with Crippen LogP contribution in [0.2, 0.25) is 0 Å². The number of benzene rings is 1. The summed E-state index contributed by atoms with van der Waals surface area (Å²) in [5.41, 5.74) is 4.26. The molecule has 0 spiro atoms. The first-order valence-corrected chi connectivity index (χ1v) is 5.86. The summed E-state index contributed by atoms with van der Waals surface area (Å²) in [7, 11) is 1.67. The number of aromatic nitrogens is 2. The van der Waals surface area contributed by atoms with Crippen LogP contribution in [0.25, 0.3) is 16.9 Å². The molecular formula is C15H15ClN2O. The SMILES string of the molecule is COc1ccc(-c2cn3ccc(C)cc3n2)cc1.Cl. The van der Waals surface area contributed by atoms with Crippen molar-refractivity contribution in [1.82, 2.24) is 9.38 Å². The van der Waals surface area contributed by atoms with Crippen LogP contribution < -0.4 is 4.74 Å². The van der Waals surface area contributed by atoms with Crippen LogP contribution >= 0.6 is 12.4 Å². The maximum absolute atomic E-state index is 5.15. The largest absolute Gasteiger partial charge is 0.497 e. The van der Waals surface area contributed by atoms with E-state index >= 15 is 0 Å². The maximum Gasteiger partial charge on any atom is 0.137 e. The predicted octanol–water partition coefficient (Wildman–Crippen LogP) is 3.74. The Morgan fingerprint density at radius 3 is 2.53 bits per heavy atom. The van der Waals surface area contributed by atoms with Crippen molar-refractivity contribution in [3.8, 4) is 17.0 Å². The van der Waals surface area contributed by atoms with Gasteiger partial charge in [-0.2, -0.15) is 0 Å². The third kappa shape index (κ3) is 2.56. The predicted molar refractivity (Wildman–Crippen MR) is 79.2 cm³/mol. The number of hydrogen-bond donors (Lipinski definition) is 0. The van der Waals surface area contributed by atoms with Crippen molar-refractivity contribution < 1.29 is 4.74 Å². The number of aryl methyl sites for hydroxylation is 1. The Balaban J connectivity index is 0.00000133. The number of pyridine rings is 1. The highest BCUT2D eigenvalue weighted by Crippen LogP contribution is 2.22. The Kier molecular flexibility index (Phi) is 3.76. The molecule has 0 fully saturated rings. The van der Waals surface area contributed by atoms with Gasteiger partial charge >= 0.3 is 0 Å². The van der Waals surface area contributed by atoms with Gasteiger partial charge in [0.1, 0.15) is 11.4 Å². The van der Waals surface area contributed by atoms with Gasteiger partial charge in [0.25, 0.3) is 0 Å². The lowest BCUT2D eigenvalue weighted by Crippen LogP contribution is -1.82. The molecule has 4 heteroatoms. The summed E-state index contributed by atoms with van der Waals surface area (Å²) in [4.78, 5) is 4.62. The van der Waals surface area contributed by atoms with E-state index in [2.05, 4.69) is 24.0 Å². The second kappa shape index (κ2) is 5.33. The number of methoxy groups -OCH3 is 1. The Bertz CT molecular complexity index is 689. The van der Waals surface area contributed by atoms with Gasteiger partial charge in [0.15, 0.2) is 0 Å². The molecule has 2 heterocycles. The average Bonchev–Trinajstić information content (AvgIpc) is 2.81. The fraction of sp³-hybridized carbons (Fsp3) is 0.133. The fourth-order valence-electron chi connectivity index (χ4n) is 1.98. The van der Waals surface area contributed by atoms with E-state index in [9.17, 15) is 0 Å². The number of fused-ring (bicyclic) bond motifs is 1. The van der Waals surface area contributed by atoms with Gasteiger partial charge in [-0.1, -0.05) is 0 Å². The molecule has 3 rings (SSSR count). The highest BCUT2D eigenvalue weighted by Gasteiger charge is 2.04. The zero-order valence-corrected chi connectivity index (χ0v) is 11.6. The van der Waals surface area contributed by atoms with Crippen LogP contribution in [0.3, 0.4) is 0 Å². The molecule has 2 aromatic heterocycles. The molecule has 0 atom stereocenters. The Hall–Kier alpha value is -2.00. The molecule has 0 aliphatic heterocycles. The normalized spacial score (nSPS) is 10.2. The van der Waals surface area contributed by atoms with Crippen LogP contribution in [0.1, 0.15) is 5.56 Å². The van der Waals surface area contributed by atoms with Crippen molar-refractivity contribution in [3.05, 3.63) is 54.4 Å². The molecule has 0 saturated carbocycles. The van der Waals surface area contributed by atoms with E-state index in [0.29, 0.717) is 0 Å². The zero-order valence-electron chi connectivity index (χ0n) is 10.8. The van der Waals surface area contributed by atoms with Crippen molar-refractivity contribution >= 4 is 18.1 Å². The second-order valence-electron chi connectivity index (χ2n) is 4.32. The monoisotopic (exact) mass is 274 g/mol. The van der Waals surface area contributed by atoms with Crippen molar-refractivity contribution in [2.45, 2.75) is 6.92 Å². The molecule has 0 unspecified atom stereocenters. The van der Waals surface area contributed by atoms with Gasteiger partial charge in [-0.15, -0.1) is 12.4 Å². The summed E-state index contributed by atoms with van der Waals surface area (Å²) in [5, 5.41) is 0. The minimum Gasteiger partial charge on any atom is -0.497 e. The van der Waals surface area contributed by atoms with Crippen molar-refractivity contribution in [2.75, 3.05) is 7.11 Å². The number of rotatable bonds is 2. The molecule has 3 aromatic rings. The summed E-state index contributed by atoms with van der Waals surface area (Å²) in [5.74, 6) is 0.860. The quantitative estimate of drug-likeness (QED) is 0.712. The summed E-state index contributed by atoms with van der Waals surface area (Å²) in [6.45, 7) is 2.07. The minimum absolute atomic E-state index is 0. The summed E-state index contributed by atoms with van der Waals surface area (Å²) >= 11 is 0. The molecule has 3 nitrogen and oxygen atoms in total. The molecular weight excluding hydrogens is 260 g/mol. The van der Waals surface area contributed by atoms with Crippen molar-refractivity contribution in [1.29, 1.82) is 0 Å². The van der Waals surface area contributed by atoms with Crippen LogP contribution in [0, 0.1) is 6.92 Å². The maximum atomic E-state index is 5.15. The second-order valence-corrected chi connectivity index (χ2v) is 4.32. The number of halogens is 1. The highest BCUT2D eigenvalue weighted by molar-refractivity contribution is 5.85. The minimum atomic E-state index is 0. The van der Waals surface area contributed by atoms with Gasteiger partial charge < -0.3 is 9.14 Å². The van der Waals surface area contributed by atoms with E-state index in [1.807, 2.05) is 41.1 Å². The van der Waals surface area contributed by atoms with Crippen LogP contribution in [-0.4, -0.2) is 16.5 Å². The standard InChI is InChI=1S/C15H14N2O.ClH/c1-11-7-8-17-10-14(16-15(17)9-11)12-3-5-13(18-2)6-4-12;/h3-10H,1-2H3;1H. The van der Waals surface area contributed by atoms with E-state index in [0.717, 1.165) is 22.7 Å². The van der Waals surface area contributed by atoms with Gasteiger partial charge in [0.05, 0.1) is 12.8 Å². The molecule has 98 valence electrons. The van der Waals surface area contributed by atoms with Crippen molar-refractivity contribution in [2.24, 2.45) is 0 Å². The molecule has 0 aliphatic rings. The molecule has 19 heavy (non-hydrogen) atoms. The number of hydrogen-bond acceptors (Lipinski definition) is 2. The van der Waals surface area contributed by atoms with Gasteiger partial charge in [0, 0.05) is 18.0 Å². The van der Waals surface area contributed by atoms with Gasteiger partial charge in [-0.25, -0.2) is 4.98 Å². The first-order valence-electron chi connectivity index (χ1n) is 5.86. The van der Waals surface area contributed by atoms with Crippen LogP contribution in [0.5, 0.6) is 5.75 Å². The topological polar surface area (TPSA) is 26.5 Å². The van der Waals surface area contributed by atoms with Crippen LogP contribution in [0.15, 0.2) is 48.8 Å². The molecule has 0 N–H and O–H groups in total. The average molecular weight is 275 g/mol. The van der Waals surface area contributed by atoms with Gasteiger partial charge in [0.2, 0.25) is 0 Å². The van der Waals surface area contributed by atoms with E-state index in [4.69, 9.17) is 4.74 Å². The lowest BCUT2D eigenvalue weighted by atomic mass is 10.2. The first-order chi connectivity index (χ1) is 8.76. The highest BCUT2D eigenvalue weighted by atomic mass is 35.5. The van der Waals surface area contributed by atoms with E-state index in [1.165, 1.54) is 5.56 Å². The van der Waals surface area contributed by atoms with E-state index in [-0.39, 0.29) is 12.4 Å². The third-order valence-corrected chi connectivity index (χ3v) is 3.00. The lowest BCUT2D eigenvalue weighted by molar-refractivity contribution is 0.415. The first kappa shape index (κ1) is 13.4. The molecule has 0 aliphatic carbocycles. The van der Waals surface area contributed by atoms with Gasteiger partial charge in [-0.05, 0) is 48.9 Å². The lowest BCUT2D eigenvalue weighted by Gasteiger charge is -1.99. The summed E-state index contributed by atoms with van der Waals surface area (Å²) < 4.78 is 7.19. The Labute approximate surface area is 118 Å². The Morgan fingerprint density at radius 2 is 1.84 bits per heavy atom. The fourth-order valence-corrected chi connectivity index (χ4v) is 1.98. The third-order valence-electron chi connectivity index (χ3n) is 3.00. The number of nitrogens with zero attached hydrogens (tertiary/aromatic N) is 2. The zero-order chi connectivity index (χ0) is 12.5. The molecule has 0 radical (unpaired) electrons. The summed E-state index contributed by atoms with van der Waals surface area (Å²) in [6, 6.07) is 12.1. The van der Waals surface area contributed by atoms with Crippen molar-refractivity contribution in [3.63, 3.8) is 0 Å². The molecule has 0 amide bonds. The van der Waals surface area contributed by atoms with Crippen LogP contribution in [-0.2, 0) is 0 Å². The van der Waals surface area contributed by atoms with E-state index < -0.39 is 0 Å². The summed E-state index contributed by atoms with van der Waals surface area (Å²) in [6.07, 6.45) is 4.07. The van der Waals surface area contributed by atoms with Gasteiger partial charge in [-0.3, -0.25) is 0 Å². The molecule has 0 bridgehead atoms. The smallest absolute Gasteiger partial charge is 0.137 e. The van der Waals surface area contributed by atoms with Crippen LogP contribution in [0.4, 0.5) is 0 Å².